The van der Waals surface area contributed by atoms with Crippen LogP contribution in [0.15, 0.2) is 146 Å². The number of aromatic nitrogens is 1. The molecule has 6 aromatic rings. The van der Waals surface area contributed by atoms with Crippen LogP contribution in [0.2, 0.25) is 0 Å². The molecule has 1 aliphatic carbocycles. The van der Waals surface area contributed by atoms with Crippen molar-refractivity contribution in [3.05, 3.63) is 179 Å². The predicted octanol–water partition coefficient (Wildman–Crippen LogP) is 4.54. The van der Waals surface area contributed by atoms with Crippen LogP contribution >= 0.6 is 0 Å². The normalized spacial score (nSPS) is 16.6. The average Bonchev–Trinajstić information content (AvgIpc) is 3.79. The molecule has 12 N–H and O–H groups in total. The highest BCUT2D eigenvalue weighted by atomic mass is 16.2. The molecule has 1 heterocycles. The molecule has 3 atom stereocenters. The van der Waals surface area contributed by atoms with Gasteiger partial charge in [0.15, 0.2) is 5.96 Å². The van der Waals surface area contributed by atoms with E-state index in [4.69, 9.17) is 16.9 Å². The fraction of sp³-hybridized carbons (Fsp3) is 0.291. The molecule has 16 nitrogen and oxygen atoms in total. The lowest BCUT2D eigenvalue weighted by Crippen LogP contribution is -2.64. The first-order valence-electron chi connectivity index (χ1n) is 24.0. The van der Waals surface area contributed by atoms with Crippen molar-refractivity contribution >= 4 is 52.3 Å². The van der Waals surface area contributed by atoms with Gasteiger partial charge < -0.3 is 48.4 Å². The minimum absolute atomic E-state index is 0.0601. The Morgan fingerprint density at radius 3 is 1.89 bits per heavy atom. The van der Waals surface area contributed by atoms with Crippen molar-refractivity contribution in [1.29, 1.82) is 5.41 Å². The largest absolute Gasteiger partial charge is 0.370 e. The Bertz CT molecular complexity index is 2780. The topological polar surface area (TPSA) is 266 Å². The summed E-state index contributed by atoms with van der Waals surface area (Å²) in [6.45, 7) is 0.291. The molecule has 0 bridgehead atoms. The lowest BCUT2D eigenvalue weighted by molar-refractivity contribution is -0.138. The number of amides is 6. The van der Waals surface area contributed by atoms with Gasteiger partial charge in [-0.25, -0.2) is 0 Å². The molecule has 6 amide bonds. The summed E-state index contributed by atoms with van der Waals surface area (Å²) in [4.78, 5) is 87.2. The molecule has 1 saturated carbocycles. The van der Waals surface area contributed by atoms with Crippen LogP contribution in [-0.2, 0) is 49.8 Å². The maximum Gasteiger partial charge on any atom is 0.248 e. The fourth-order valence-electron chi connectivity index (χ4n) is 9.20. The van der Waals surface area contributed by atoms with E-state index in [9.17, 15) is 28.8 Å². The molecule has 5 aromatic carbocycles. The zero-order chi connectivity index (χ0) is 50.2. The number of nitrogens with two attached hydrogens (primary N) is 2. The van der Waals surface area contributed by atoms with Crippen molar-refractivity contribution in [3.63, 3.8) is 0 Å². The Morgan fingerprint density at radius 1 is 0.634 bits per heavy atom. The summed E-state index contributed by atoms with van der Waals surface area (Å²) in [5.41, 5.74) is 15.0. The van der Waals surface area contributed by atoms with Gasteiger partial charge in [0, 0.05) is 48.6 Å². The lowest BCUT2D eigenvalue weighted by atomic mass is 9.73. The van der Waals surface area contributed by atoms with E-state index >= 15 is 0 Å². The Morgan fingerprint density at radius 2 is 1.23 bits per heavy atom. The van der Waals surface area contributed by atoms with Crippen LogP contribution in [0.4, 0.5) is 0 Å². The van der Waals surface area contributed by atoms with Gasteiger partial charge in [-0.05, 0) is 90.5 Å². The van der Waals surface area contributed by atoms with E-state index in [1.54, 1.807) is 30.5 Å². The SMILES string of the molecule is N=C(N)NCCC[C@H](NC(=O)[C@@H](Cc1ccccc1)NC(=O)[C@]1(NC(=O)Cc2ccccc2)CC[C@@H](c2ccccc2)CC1)C(=O)N[C@@H](Cc1c[nH]c2ccccc12)C(=O)NCc1ccc(C(N)=O)cc1. The average molecular weight is 959 g/mol. The Hall–Kier alpha value is -8.27. The van der Waals surface area contributed by atoms with E-state index in [1.165, 1.54) is 0 Å². The summed E-state index contributed by atoms with van der Waals surface area (Å²) in [5.74, 6) is -3.30. The van der Waals surface area contributed by atoms with Gasteiger partial charge in [0.25, 0.3) is 0 Å². The molecule has 368 valence electrons. The van der Waals surface area contributed by atoms with Gasteiger partial charge >= 0.3 is 0 Å². The number of carbonyl (C=O) groups is 6. The number of fused-ring (bicyclic) bond motifs is 1. The summed E-state index contributed by atoms with van der Waals surface area (Å²) in [7, 11) is 0. The standard InChI is InChI=1S/C55H62N10O6/c56-49(67)41-24-22-38(23-25-41)34-61-50(68)47(33-42-35-60-44-20-11-10-19-43(42)44)63-51(69)45(21-12-30-59-54(57)58)62-52(70)46(31-36-13-4-1-5-14-36)64-53(71)55(65-48(66)32-37-15-6-2-7-16-37)28-26-40(27-29-55)39-17-8-3-9-18-39/h1-11,13-20,22-25,35,40,45-47,60H,12,21,26-34H2,(H2,56,67)(H,61,68)(H,62,70)(H,63,69)(H,64,71)(H,65,66)(H4,57,58,59)/t40-,45-,46+,47-,55+/m0/s1. The third-order valence-electron chi connectivity index (χ3n) is 13.1. The monoisotopic (exact) mass is 958 g/mol. The lowest BCUT2D eigenvalue weighted by Gasteiger charge is -2.40. The first kappa shape index (κ1) is 50.6. The van der Waals surface area contributed by atoms with Crippen LogP contribution in [0.5, 0.6) is 0 Å². The van der Waals surface area contributed by atoms with E-state index < -0.39 is 53.2 Å². The highest BCUT2D eigenvalue weighted by Crippen LogP contribution is 2.38. The van der Waals surface area contributed by atoms with Gasteiger partial charge in [-0.2, -0.15) is 0 Å². The number of hydrogen-bond donors (Lipinski definition) is 10. The molecule has 1 fully saturated rings. The van der Waals surface area contributed by atoms with Gasteiger partial charge in [-0.3, -0.25) is 34.2 Å². The maximum atomic E-state index is 14.9. The van der Waals surface area contributed by atoms with Crippen LogP contribution in [0, 0.1) is 5.41 Å². The summed E-state index contributed by atoms with van der Waals surface area (Å²) in [5, 5.41) is 26.1. The molecule has 0 saturated heterocycles. The number of para-hydroxylation sites is 1. The number of nitrogens with one attached hydrogen (secondary N) is 8. The number of benzene rings is 5. The fourth-order valence-corrected chi connectivity index (χ4v) is 9.20. The molecule has 0 aliphatic heterocycles. The zero-order valence-corrected chi connectivity index (χ0v) is 39.5. The second-order valence-electron chi connectivity index (χ2n) is 18.1. The maximum absolute atomic E-state index is 14.9. The molecular formula is C55H62N10O6. The molecule has 1 aromatic heterocycles. The summed E-state index contributed by atoms with van der Waals surface area (Å²) in [6.07, 6.45) is 4.23. The van der Waals surface area contributed by atoms with Crippen LogP contribution in [0.25, 0.3) is 10.9 Å². The number of H-pyrrole nitrogens is 1. The zero-order valence-electron chi connectivity index (χ0n) is 39.5. The third-order valence-corrected chi connectivity index (χ3v) is 13.1. The predicted molar refractivity (Wildman–Crippen MR) is 273 cm³/mol. The van der Waals surface area contributed by atoms with Crippen LogP contribution in [0.3, 0.4) is 0 Å². The van der Waals surface area contributed by atoms with E-state index in [2.05, 4.69) is 49.0 Å². The van der Waals surface area contributed by atoms with Crippen LogP contribution in [-0.4, -0.2) is 76.6 Å². The number of primary amides is 1. The summed E-state index contributed by atoms with van der Waals surface area (Å²) < 4.78 is 0. The highest BCUT2D eigenvalue weighted by molar-refractivity contribution is 5.98. The van der Waals surface area contributed by atoms with E-state index in [0.717, 1.165) is 33.2 Å². The van der Waals surface area contributed by atoms with Crippen molar-refractivity contribution in [2.75, 3.05) is 6.54 Å². The van der Waals surface area contributed by atoms with E-state index in [-0.39, 0.29) is 63.0 Å². The third kappa shape index (κ3) is 14.2. The minimum Gasteiger partial charge on any atom is -0.370 e. The van der Waals surface area contributed by atoms with Gasteiger partial charge in [0.2, 0.25) is 35.4 Å². The Balaban J connectivity index is 1.14. The van der Waals surface area contributed by atoms with Crippen LogP contribution in [0.1, 0.15) is 82.6 Å². The molecule has 0 unspecified atom stereocenters. The van der Waals surface area contributed by atoms with Crippen molar-refractivity contribution in [2.24, 2.45) is 11.5 Å². The van der Waals surface area contributed by atoms with Gasteiger partial charge in [-0.15, -0.1) is 0 Å². The second-order valence-corrected chi connectivity index (χ2v) is 18.1. The molecular weight excluding hydrogens is 897 g/mol. The first-order chi connectivity index (χ1) is 34.4. The summed E-state index contributed by atoms with van der Waals surface area (Å²) >= 11 is 0. The minimum atomic E-state index is -1.34. The van der Waals surface area contributed by atoms with Crippen molar-refractivity contribution in [2.45, 2.75) is 93.9 Å². The van der Waals surface area contributed by atoms with E-state index in [1.807, 2.05) is 103 Å². The number of aromatic amines is 1. The number of carbonyl (C=O) groups excluding carboxylic acids is 6. The van der Waals surface area contributed by atoms with Crippen molar-refractivity contribution in [1.82, 2.24) is 36.9 Å². The Kier molecular flexibility index (Phi) is 17.3. The van der Waals surface area contributed by atoms with Gasteiger partial charge in [0.05, 0.1) is 6.42 Å². The second kappa shape index (κ2) is 24.3. The number of rotatable bonds is 22. The molecule has 0 radical (unpaired) electrons. The van der Waals surface area contributed by atoms with Gasteiger partial charge in [-0.1, -0.05) is 121 Å². The summed E-state index contributed by atoms with van der Waals surface area (Å²) in [6, 6.07) is 39.1. The van der Waals surface area contributed by atoms with E-state index in [0.29, 0.717) is 36.8 Å². The molecule has 7 rings (SSSR count). The quantitative estimate of drug-likeness (QED) is 0.0262. The van der Waals surface area contributed by atoms with Gasteiger partial charge in [0.1, 0.15) is 23.7 Å². The highest BCUT2D eigenvalue weighted by Gasteiger charge is 2.45. The first-order valence-corrected chi connectivity index (χ1v) is 24.0. The molecule has 1 aliphatic rings. The van der Waals surface area contributed by atoms with Crippen molar-refractivity contribution in [3.8, 4) is 0 Å². The molecule has 71 heavy (non-hydrogen) atoms. The molecule has 0 spiro atoms. The smallest absolute Gasteiger partial charge is 0.248 e. The number of hydrogen-bond acceptors (Lipinski definition) is 7. The Labute approximate surface area is 413 Å². The number of guanidine groups is 1. The molecule has 16 heteroatoms. The van der Waals surface area contributed by atoms with Crippen molar-refractivity contribution < 1.29 is 28.8 Å². The van der Waals surface area contributed by atoms with Crippen LogP contribution < -0.4 is 43.4 Å².